The maximum Gasteiger partial charge on any atom is 0.153 e. The number of hydrogen-bond donors (Lipinski definition) is 2. The molecule has 0 amide bonds. The normalized spacial score (nSPS) is 13.4. The van der Waals surface area contributed by atoms with Gasteiger partial charge in [-0.1, -0.05) is 18.1 Å². The lowest BCUT2D eigenvalue weighted by molar-refractivity contribution is 0.0986. The first kappa shape index (κ1) is 17.2. The molecular weight excluding hydrogens is 344 g/mol. The molecule has 4 rings (SSSR count). The number of H-pyrrole nitrogens is 1. The minimum atomic E-state index is -0.0760. The summed E-state index contributed by atoms with van der Waals surface area (Å²) in [5.74, 6) is 0.102. The lowest BCUT2D eigenvalue weighted by Crippen LogP contribution is -2.08. The van der Waals surface area contributed by atoms with Crippen LogP contribution >= 0.6 is 0 Å². The van der Waals surface area contributed by atoms with Gasteiger partial charge in [0, 0.05) is 11.3 Å². The van der Waals surface area contributed by atoms with Crippen LogP contribution in [0.2, 0.25) is 0 Å². The Hall–Kier alpha value is -3.26. The lowest BCUT2D eigenvalue weighted by Gasteiger charge is -2.12. The van der Waals surface area contributed by atoms with Crippen LogP contribution in [0, 0.1) is 0 Å². The van der Waals surface area contributed by atoms with Crippen LogP contribution in [-0.4, -0.2) is 48.8 Å². The van der Waals surface area contributed by atoms with Gasteiger partial charge in [0.05, 0.1) is 30.2 Å². The van der Waals surface area contributed by atoms with Crippen LogP contribution in [0.5, 0.6) is 0 Å². The quantitative estimate of drug-likeness (QED) is 0.311. The zero-order valence-electron chi connectivity index (χ0n) is 15.1. The van der Waals surface area contributed by atoms with E-state index in [1.165, 1.54) is 0 Å². The number of benzene rings is 1. The zero-order chi connectivity index (χ0) is 18.8. The van der Waals surface area contributed by atoms with Crippen molar-refractivity contribution in [1.29, 1.82) is 0 Å². The van der Waals surface area contributed by atoms with Gasteiger partial charge in [-0.15, -0.1) is 0 Å². The topological polar surface area (TPSA) is 101 Å². The number of hydrogen-bond acceptors (Lipinski definition) is 6. The van der Waals surface area contributed by atoms with Gasteiger partial charge in [-0.05, 0) is 36.8 Å². The molecule has 1 aromatic carbocycles. The van der Waals surface area contributed by atoms with Crippen molar-refractivity contribution >= 4 is 22.3 Å². The molecule has 0 saturated heterocycles. The van der Waals surface area contributed by atoms with E-state index in [1.807, 2.05) is 42.0 Å². The van der Waals surface area contributed by atoms with Crippen molar-refractivity contribution in [2.24, 2.45) is 5.16 Å². The summed E-state index contributed by atoms with van der Waals surface area (Å²) in [5, 5.41) is 25.6. The molecule has 1 atom stereocenters. The van der Waals surface area contributed by atoms with Crippen molar-refractivity contribution in [3.8, 4) is 0 Å². The molecule has 138 valence electrons. The van der Waals surface area contributed by atoms with E-state index in [-0.39, 0.29) is 19.1 Å². The van der Waals surface area contributed by atoms with E-state index in [0.29, 0.717) is 11.4 Å². The van der Waals surface area contributed by atoms with Crippen molar-refractivity contribution in [2.75, 3.05) is 13.2 Å². The largest absolute Gasteiger partial charge is 0.393 e. The van der Waals surface area contributed by atoms with Crippen LogP contribution in [0.1, 0.15) is 36.7 Å². The third-order valence-corrected chi connectivity index (χ3v) is 4.55. The van der Waals surface area contributed by atoms with E-state index < -0.39 is 0 Å². The second-order valence-corrected chi connectivity index (χ2v) is 6.34. The predicted octanol–water partition coefficient (Wildman–Crippen LogP) is 2.49. The third-order valence-electron chi connectivity index (χ3n) is 4.55. The summed E-state index contributed by atoms with van der Waals surface area (Å²) >= 11 is 0. The number of nitrogens with zero attached hydrogens (tertiary/aromatic N) is 5. The van der Waals surface area contributed by atoms with Crippen molar-refractivity contribution in [3.63, 3.8) is 0 Å². The van der Waals surface area contributed by atoms with E-state index in [2.05, 4.69) is 44.5 Å². The fourth-order valence-electron chi connectivity index (χ4n) is 3.01. The number of aromatic nitrogens is 5. The average molecular weight is 364 g/mol. The molecule has 0 aliphatic rings. The molecule has 3 aromatic heterocycles. The van der Waals surface area contributed by atoms with E-state index in [1.54, 1.807) is 0 Å². The number of aliphatic hydroxyl groups is 1. The molecule has 27 heavy (non-hydrogen) atoms. The summed E-state index contributed by atoms with van der Waals surface area (Å²) < 4.78 is 1.84. The summed E-state index contributed by atoms with van der Waals surface area (Å²) in [6.07, 6.45) is 3.67. The molecule has 0 aliphatic heterocycles. The van der Waals surface area contributed by atoms with Gasteiger partial charge in [0.15, 0.2) is 5.65 Å². The SMILES string of the molecule is CC(=NOCCO)c1ccc2ncc(C(C)c3ccc4[nH]ncc4c3)n2n1. The van der Waals surface area contributed by atoms with Crippen LogP contribution in [-0.2, 0) is 4.84 Å². The van der Waals surface area contributed by atoms with E-state index in [9.17, 15) is 0 Å². The van der Waals surface area contributed by atoms with Crippen LogP contribution < -0.4 is 0 Å². The first-order valence-corrected chi connectivity index (χ1v) is 8.73. The number of oxime groups is 1. The van der Waals surface area contributed by atoms with Gasteiger partial charge in [0.1, 0.15) is 18.0 Å². The van der Waals surface area contributed by atoms with Crippen molar-refractivity contribution < 1.29 is 9.94 Å². The highest BCUT2D eigenvalue weighted by atomic mass is 16.6. The molecule has 4 aromatic rings. The van der Waals surface area contributed by atoms with E-state index >= 15 is 0 Å². The fraction of sp³-hybridized carbons (Fsp3) is 0.263. The van der Waals surface area contributed by atoms with Gasteiger partial charge in [-0.25, -0.2) is 9.50 Å². The number of fused-ring (bicyclic) bond motifs is 2. The maximum atomic E-state index is 8.79. The lowest BCUT2D eigenvalue weighted by atomic mass is 9.97. The maximum absolute atomic E-state index is 8.79. The minimum absolute atomic E-state index is 0.0760. The van der Waals surface area contributed by atoms with Crippen LogP contribution in [0.4, 0.5) is 0 Å². The zero-order valence-corrected chi connectivity index (χ0v) is 15.1. The Morgan fingerprint density at radius 3 is 3.04 bits per heavy atom. The Bertz CT molecular complexity index is 1110. The summed E-state index contributed by atoms with van der Waals surface area (Å²) in [6.45, 7) is 4.03. The van der Waals surface area contributed by atoms with Gasteiger partial charge in [0.2, 0.25) is 0 Å². The minimum Gasteiger partial charge on any atom is -0.393 e. The average Bonchev–Trinajstić information content (AvgIpc) is 3.33. The highest BCUT2D eigenvalue weighted by Gasteiger charge is 2.16. The molecule has 0 radical (unpaired) electrons. The van der Waals surface area contributed by atoms with Crippen molar-refractivity contribution in [1.82, 2.24) is 24.8 Å². The molecule has 8 heteroatoms. The Morgan fingerprint density at radius 2 is 2.19 bits per heavy atom. The first-order valence-electron chi connectivity index (χ1n) is 8.73. The fourth-order valence-corrected chi connectivity index (χ4v) is 3.01. The number of nitrogens with one attached hydrogen (secondary N) is 1. The van der Waals surface area contributed by atoms with Gasteiger partial charge in [-0.2, -0.15) is 10.2 Å². The molecule has 0 bridgehead atoms. The number of aliphatic hydroxyl groups excluding tert-OH is 1. The van der Waals surface area contributed by atoms with Gasteiger partial charge >= 0.3 is 0 Å². The van der Waals surface area contributed by atoms with Crippen LogP contribution in [0.3, 0.4) is 0 Å². The molecule has 3 heterocycles. The summed E-state index contributed by atoms with van der Waals surface area (Å²) in [7, 11) is 0. The van der Waals surface area contributed by atoms with E-state index in [0.717, 1.165) is 27.8 Å². The summed E-state index contributed by atoms with van der Waals surface area (Å²) in [5.41, 5.74) is 5.26. The molecule has 8 nitrogen and oxygen atoms in total. The second-order valence-electron chi connectivity index (χ2n) is 6.34. The Balaban J connectivity index is 1.70. The molecule has 2 N–H and O–H groups in total. The number of imidazole rings is 1. The van der Waals surface area contributed by atoms with Gasteiger partial charge in [0.25, 0.3) is 0 Å². The van der Waals surface area contributed by atoms with Crippen LogP contribution in [0.25, 0.3) is 16.6 Å². The van der Waals surface area contributed by atoms with E-state index in [4.69, 9.17) is 9.94 Å². The Labute approximate surface area is 155 Å². The Kier molecular flexibility index (Phi) is 4.55. The van der Waals surface area contributed by atoms with Crippen molar-refractivity contribution in [3.05, 3.63) is 59.7 Å². The second kappa shape index (κ2) is 7.16. The standard InChI is InChI=1S/C19H20N6O2/c1-12(14-3-4-17-15(9-14)10-21-22-17)18-11-20-19-6-5-16(23-25(18)19)13(2)24-27-8-7-26/h3-6,9-12,26H,7-8H2,1-2H3,(H,21,22). The number of rotatable bonds is 6. The van der Waals surface area contributed by atoms with Gasteiger partial charge in [-0.3, -0.25) is 5.10 Å². The molecule has 0 spiro atoms. The highest BCUT2D eigenvalue weighted by molar-refractivity contribution is 5.96. The third kappa shape index (κ3) is 3.26. The summed E-state index contributed by atoms with van der Waals surface area (Å²) in [6, 6.07) is 10.0. The Morgan fingerprint density at radius 1 is 1.30 bits per heavy atom. The van der Waals surface area contributed by atoms with Gasteiger partial charge < -0.3 is 9.94 Å². The smallest absolute Gasteiger partial charge is 0.153 e. The van der Waals surface area contributed by atoms with Crippen molar-refractivity contribution in [2.45, 2.75) is 19.8 Å². The first-order chi connectivity index (χ1) is 13.2. The van der Waals surface area contributed by atoms with Crippen LogP contribution in [0.15, 0.2) is 47.9 Å². The molecule has 1 unspecified atom stereocenters. The molecule has 0 aliphatic carbocycles. The monoisotopic (exact) mass is 364 g/mol. The summed E-state index contributed by atoms with van der Waals surface area (Å²) in [4.78, 5) is 9.51. The molecule has 0 saturated carbocycles. The molecule has 0 fully saturated rings. The number of aromatic amines is 1. The molecular formula is C19H20N6O2. The predicted molar refractivity (Wildman–Crippen MR) is 102 cm³/mol. The highest BCUT2D eigenvalue weighted by Crippen LogP contribution is 2.26.